The van der Waals surface area contributed by atoms with Gasteiger partial charge in [0, 0.05) is 38.5 Å². The largest absolute Gasteiger partial charge is 0.370 e. The van der Waals surface area contributed by atoms with Gasteiger partial charge >= 0.3 is 0 Å². The molecule has 2 aromatic rings. The molecule has 1 aliphatic heterocycles. The molecular formula is C16H17N5O2. The van der Waals surface area contributed by atoms with Gasteiger partial charge < -0.3 is 4.90 Å². The molecule has 7 nitrogen and oxygen atoms in total. The second kappa shape index (κ2) is 6.08. The molecule has 1 fully saturated rings. The van der Waals surface area contributed by atoms with Crippen molar-refractivity contribution in [2.75, 3.05) is 18.0 Å². The number of anilines is 1. The first kappa shape index (κ1) is 15.0. The van der Waals surface area contributed by atoms with Gasteiger partial charge in [-0.1, -0.05) is 0 Å². The lowest BCUT2D eigenvalue weighted by Crippen LogP contribution is -2.33. The Balaban J connectivity index is 1.75. The number of nitrogens with zero attached hydrogens (tertiary/aromatic N) is 5. The smallest absolute Gasteiger partial charge is 0.270 e. The van der Waals surface area contributed by atoms with Crippen molar-refractivity contribution in [1.82, 2.24) is 9.78 Å². The molecule has 7 heteroatoms. The van der Waals surface area contributed by atoms with Crippen LogP contribution in [0, 0.1) is 21.4 Å². The molecule has 0 spiro atoms. The molecule has 1 aromatic carbocycles. The highest BCUT2D eigenvalue weighted by Crippen LogP contribution is 2.32. The Morgan fingerprint density at radius 3 is 2.70 bits per heavy atom. The molecule has 1 aromatic heterocycles. The molecule has 0 radical (unpaired) electrons. The highest BCUT2D eigenvalue weighted by Gasteiger charge is 2.24. The van der Waals surface area contributed by atoms with Crippen LogP contribution in [0.3, 0.4) is 0 Å². The summed E-state index contributed by atoms with van der Waals surface area (Å²) < 4.78 is 1.81. The summed E-state index contributed by atoms with van der Waals surface area (Å²) in [4.78, 5) is 12.5. The van der Waals surface area contributed by atoms with Crippen LogP contribution in [0.2, 0.25) is 0 Å². The van der Waals surface area contributed by atoms with E-state index in [4.69, 9.17) is 0 Å². The average Bonchev–Trinajstić information content (AvgIpc) is 3.01. The van der Waals surface area contributed by atoms with Crippen LogP contribution in [0.1, 0.15) is 29.9 Å². The Bertz CT molecular complexity index is 769. The number of benzene rings is 1. The third-order valence-corrected chi connectivity index (χ3v) is 4.34. The lowest BCUT2D eigenvalue weighted by Gasteiger charge is -2.33. The second-order valence-corrected chi connectivity index (χ2v) is 5.78. The molecule has 23 heavy (non-hydrogen) atoms. The standard InChI is InChI=1S/C16H17N5O2/c1-19-11-14(10-18-19)12-4-6-20(7-5-12)16-3-2-15(21(22)23)8-13(16)9-17/h2-3,8,10-12H,4-7H2,1H3. The highest BCUT2D eigenvalue weighted by atomic mass is 16.6. The summed E-state index contributed by atoms with van der Waals surface area (Å²) >= 11 is 0. The molecule has 0 amide bonds. The predicted molar refractivity (Wildman–Crippen MR) is 85.2 cm³/mol. The fraction of sp³-hybridized carbons (Fsp3) is 0.375. The van der Waals surface area contributed by atoms with E-state index in [9.17, 15) is 15.4 Å². The molecule has 0 atom stereocenters. The fourth-order valence-corrected chi connectivity index (χ4v) is 3.11. The normalized spacial score (nSPS) is 15.4. The van der Waals surface area contributed by atoms with E-state index in [0.29, 0.717) is 11.5 Å². The number of nitro benzene ring substituents is 1. The van der Waals surface area contributed by atoms with E-state index in [2.05, 4.69) is 16.1 Å². The Labute approximate surface area is 133 Å². The quantitative estimate of drug-likeness (QED) is 0.642. The van der Waals surface area contributed by atoms with Gasteiger partial charge in [-0.3, -0.25) is 14.8 Å². The lowest BCUT2D eigenvalue weighted by molar-refractivity contribution is -0.384. The number of aryl methyl sites for hydroxylation is 1. The summed E-state index contributed by atoms with van der Waals surface area (Å²) in [7, 11) is 1.91. The summed E-state index contributed by atoms with van der Waals surface area (Å²) in [5.74, 6) is 0.475. The molecule has 0 N–H and O–H groups in total. The summed E-state index contributed by atoms with van der Waals surface area (Å²) in [6.07, 6.45) is 5.92. The number of rotatable bonds is 3. The van der Waals surface area contributed by atoms with Crippen LogP contribution in [0.15, 0.2) is 30.6 Å². The van der Waals surface area contributed by atoms with E-state index in [1.165, 1.54) is 17.7 Å². The van der Waals surface area contributed by atoms with Gasteiger partial charge in [-0.05, 0) is 30.4 Å². The molecule has 0 unspecified atom stereocenters. The van der Waals surface area contributed by atoms with E-state index in [1.54, 1.807) is 6.07 Å². The first-order valence-electron chi connectivity index (χ1n) is 7.50. The number of nitriles is 1. The lowest BCUT2D eigenvalue weighted by atomic mass is 9.91. The first-order chi connectivity index (χ1) is 11.1. The number of non-ortho nitro benzene ring substituents is 1. The molecule has 2 heterocycles. The van der Waals surface area contributed by atoms with E-state index in [0.717, 1.165) is 31.6 Å². The van der Waals surface area contributed by atoms with Crippen molar-refractivity contribution in [2.45, 2.75) is 18.8 Å². The molecule has 3 rings (SSSR count). The van der Waals surface area contributed by atoms with Crippen LogP contribution >= 0.6 is 0 Å². The topological polar surface area (TPSA) is 88.0 Å². The maximum absolute atomic E-state index is 10.8. The van der Waals surface area contributed by atoms with Gasteiger partial charge in [-0.2, -0.15) is 10.4 Å². The van der Waals surface area contributed by atoms with Crippen LogP contribution in [0.5, 0.6) is 0 Å². The monoisotopic (exact) mass is 311 g/mol. The SMILES string of the molecule is Cn1cc(C2CCN(c3ccc([N+](=O)[O-])cc3C#N)CC2)cn1. The van der Waals surface area contributed by atoms with Crippen LogP contribution < -0.4 is 4.90 Å². The highest BCUT2D eigenvalue weighted by molar-refractivity contribution is 5.63. The zero-order chi connectivity index (χ0) is 16.4. The van der Waals surface area contributed by atoms with Crippen molar-refractivity contribution in [2.24, 2.45) is 7.05 Å². The van der Waals surface area contributed by atoms with E-state index in [1.807, 2.05) is 24.1 Å². The Morgan fingerprint density at radius 1 is 1.39 bits per heavy atom. The van der Waals surface area contributed by atoms with Gasteiger partial charge in [0.25, 0.3) is 5.69 Å². The van der Waals surface area contributed by atoms with Crippen molar-refractivity contribution in [3.05, 3.63) is 51.8 Å². The maximum Gasteiger partial charge on any atom is 0.270 e. The minimum atomic E-state index is -0.473. The van der Waals surface area contributed by atoms with Gasteiger partial charge in [0.1, 0.15) is 6.07 Å². The predicted octanol–water partition coefficient (Wildman–Crippen LogP) is 2.58. The van der Waals surface area contributed by atoms with E-state index < -0.39 is 4.92 Å². The van der Waals surface area contributed by atoms with Crippen molar-refractivity contribution in [3.8, 4) is 6.07 Å². The van der Waals surface area contributed by atoms with Gasteiger partial charge in [0.05, 0.1) is 22.4 Å². The number of aromatic nitrogens is 2. The van der Waals surface area contributed by atoms with Crippen molar-refractivity contribution in [3.63, 3.8) is 0 Å². The fourth-order valence-electron chi connectivity index (χ4n) is 3.11. The van der Waals surface area contributed by atoms with E-state index in [-0.39, 0.29) is 5.69 Å². The van der Waals surface area contributed by atoms with Crippen molar-refractivity contribution in [1.29, 1.82) is 5.26 Å². The Hall–Kier alpha value is -2.88. The zero-order valence-electron chi connectivity index (χ0n) is 12.8. The van der Waals surface area contributed by atoms with Gasteiger partial charge in [0.15, 0.2) is 0 Å². The van der Waals surface area contributed by atoms with Gasteiger partial charge in [0.2, 0.25) is 0 Å². The molecule has 0 bridgehead atoms. The molecule has 1 saturated heterocycles. The molecule has 1 aliphatic rings. The first-order valence-corrected chi connectivity index (χ1v) is 7.50. The summed E-state index contributed by atoms with van der Waals surface area (Å²) in [6.45, 7) is 1.65. The van der Waals surface area contributed by atoms with E-state index >= 15 is 0 Å². The number of hydrogen-bond donors (Lipinski definition) is 0. The molecular weight excluding hydrogens is 294 g/mol. The van der Waals surface area contributed by atoms with Gasteiger partial charge in [-0.15, -0.1) is 0 Å². The maximum atomic E-state index is 10.8. The van der Waals surface area contributed by atoms with Gasteiger partial charge in [-0.25, -0.2) is 0 Å². The van der Waals surface area contributed by atoms with Crippen molar-refractivity contribution < 1.29 is 4.92 Å². The van der Waals surface area contributed by atoms with Crippen LogP contribution in [-0.4, -0.2) is 27.8 Å². The van der Waals surface area contributed by atoms with Crippen molar-refractivity contribution >= 4 is 11.4 Å². The summed E-state index contributed by atoms with van der Waals surface area (Å²) in [5.41, 5.74) is 2.34. The summed E-state index contributed by atoms with van der Waals surface area (Å²) in [6, 6.07) is 6.57. The zero-order valence-corrected chi connectivity index (χ0v) is 12.8. The third-order valence-electron chi connectivity index (χ3n) is 4.34. The minimum absolute atomic E-state index is 0.0458. The minimum Gasteiger partial charge on any atom is -0.370 e. The molecule has 0 saturated carbocycles. The second-order valence-electron chi connectivity index (χ2n) is 5.78. The molecule has 0 aliphatic carbocycles. The van der Waals surface area contributed by atoms with Crippen LogP contribution in [0.4, 0.5) is 11.4 Å². The Kier molecular flexibility index (Phi) is 3.98. The number of hydrogen-bond acceptors (Lipinski definition) is 5. The van der Waals surface area contributed by atoms with Crippen LogP contribution in [0.25, 0.3) is 0 Å². The number of piperidine rings is 1. The Morgan fingerprint density at radius 2 is 2.13 bits per heavy atom. The number of nitro groups is 1. The molecule has 118 valence electrons. The third kappa shape index (κ3) is 3.01. The summed E-state index contributed by atoms with van der Waals surface area (Å²) in [5, 5.41) is 24.3. The van der Waals surface area contributed by atoms with Crippen LogP contribution in [-0.2, 0) is 7.05 Å². The average molecular weight is 311 g/mol.